The summed E-state index contributed by atoms with van der Waals surface area (Å²) in [5.41, 5.74) is 0. The average molecular weight is 276 g/mol. The fraction of sp³-hybridized carbons (Fsp3) is 0.500. The van der Waals surface area contributed by atoms with E-state index in [1.165, 1.54) is 0 Å². The van der Waals surface area contributed by atoms with E-state index in [1.54, 1.807) is 0 Å². The molecule has 1 heterocycles. The van der Waals surface area contributed by atoms with Crippen molar-refractivity contribution in [3.8, 4) is 0 Å². The fourth-order valence-corrected chi connectivity index (χ4v) is 1.46. The van der Waals surface area contributed by atoms with Gasteiger partial charge in [-0.3, -0.25) is 0 Å². The Morgan fingerprint density at radius 1 is 1.29 bits per heavy atom. The first-order valence-electron chi connectivity index (χ1n) is 5.30. The lowest BCUT2D eigenvalue weighted by molar-refractivity contribution is 0.812. The Kier molecular flexibility index (Phi) is 5.44. The molecule has 94 valence electrons. The van der Waals surface area contributed by atoms with Crippen LogP contribution >= 0.6 is 23.2 Å². The molecular formula is C10H15Cl2N5. The van der Waals surface area contributed by atoms with Crippen molar-refractivity contribution >= 4 is 35.1 Å². The first kappa shape index (κ1) is 14.0. The van der Waals surface area contributed by atoms with Gasteiger partial charge in [-0.15, -0.1) is 0 Å². The van der Waals surface area contributed by atoms with E-state index < -0.39 is 0 Å². The minimum absolute atomic E-state index is 0.157. The molecule has 0 aliphatic heterocycles. The zero-order valence-electron chi connectivity index (χ0n) is 9.87. The maximum atomic E-state index is 5.84. The van der Waals surface area contributed by atoms with E-state index in [2.05, 4.69) is 26.8 Å². The molecule has 1 aromatic heterocycles. The third kappa shape index (κ3) is 4.36. The molecule has 0 aromatic carbocycles. The first-order chi connectivity index (χ1) is 8.06. The monoisotopic (exact) mass is 275 g/mol. The van der Waals surface area contributed by atoms with E-state index in [-0.39, 0.29) is 5.28 Å². The Morgan fingerprint density at radius 2 is 1.94 bits per heavy atom. The van der Waals surface area contributed by atoms with E-state index in [1.807, 2.05) is 18.7 Å². The molecule has 0 unspecified atom stereocenters. The van der Waals surface area contributed by atoms with Crippen LogP contribution in [-0.2, 0) is 0 Å². The summed E-state index contributed by atoms with van der Waals surface area (Å²) in [6.45, 7) is 9.61. The Hall–Kier alpha value is -1.07. The van der Waals surface area contributed by atoms with Crippen molar-refractivity contribution in [1.29, 1.82) is 0 Å². The van der Waals surface area contributed by atoms with Crippen LogP contribution in [0.25, 0.3) is 0 Å². The summed E-state index contributed by atoms with van der Waals surface area (Å²) >= 11 is 11.5. The second-order valence-corrected chi connectivity index (χ2v) is 4.14. The number of anilines is 2. The molecule has 1 N–H and O–H groups in total. The second kappa shape index (κ2) is 6.61. The third-order valence-electron chi connectivity index (χ3n) is 2.08. The summed E-state index contributed by atoms with van der Waals surface area (Å²) in [4.78, 5) is 14.3. The zero-order valence-corrected chi connectivity index (χ0v) is 11.4. The van der Waals surface area contributed by atoms with Crippen molar-refractivity contribution < 1.29 is 0 Å². The zero-order chi connectivity index (χ0) is 12.8. The first-order valence-corrected chi connectivity index (χ1v) is 6.06. The van der Waals surface area contributed by atoms with Crippen molar-refractivity contribution in [3.05, 3.63) is 16.9 Å². The van der Waals surface area contributed by atoms with Crippen LogP contribution in [0.1, 0.15) is 13.8 Å². The number of nitrogens with one attached hydrogen (secondary N) is 1. The maximum Gasteiger partial charge on any atom is 0.231 e. The average Bonchev–Trinajstić information content (AvgIpc) is 2.27. The van der Waals surface area contributed by atoms with Gasteiger partial charge in [-0.05, 0) is 25.4 Å². The van der Waals surface area contributed by atoms with Crippen LogP contribution in [-0.4, -0.2) is 34.6 Å². The molecule has 0 aliphatic carbocycles. The van der Waals surface area contributed by atoms with Gasteiger partial charge < -0.3 is 10.2 Å². The van der Waals surface area contributed by atoms with Gasteiger partial charge in [0.25, 0.3) is 0 Å². The van der Waals surface area contributed by atoms with Gasteiger partial charge in [0.2, 0.25) is 17.2 Å². The highest BCUT2D eigenvalue weighted by molar-refractivity contribution is 6.29. The van der Waals surface area contributed by atoms with Crippen molar-refractivity contribution in [3.63, 3.8) is 0 Å². The lowest BCUT2D eigenvalue weighted by atomic mass is 10.5. The van der Waals surface area contributed by atoms with Crippen LogP contribution in [0.15, 0.2) is 11.6 Å². The molecule has 0 amide bonds. The summed E-state index contributed by atoms with van der Waals surface area (Å²) in [5.74, 6) is 0.950. The van der Waals surface area contributed by atoms with Crippen LogP contribution < -0.4 is 10.2 Å². The molecule has 5 nitrogen and oxygen atoms in total. The summed E-state index contributed by atoms with van der Waals surface area (Å²) in [6.07, 6.45) is 0. The Labute approximate surface area is 111 Å². The standard InChI is InChI=1S/C10H15Cl2N5/c1-4-17(5-2)10-15-8(12)14-9(16-10)13-6-7(3)11/h3-6H2,1-2H3,(H,13,14,15,16). The van der Waals surface area contributed by atoms with Gasteiger partial charge >= 0.3 is 0 Å². The number of nitrogens with zero attached hydrogens (tertiary/aromatic N) is 4. The highest BCUT2D eigenvalue weighted by atomic mass is 35.5. The molecule has 0 aliphatic rings. The molecule has 0 atom stereocenters. The van der Waals surface area contributed by atoms with Gasteiger partial charge in [0.15, 0.2) is 0 Å². The molecule has 0 saturated carbocycles. The highest BCUT2D eigenvalue weighted by Gasteiger charge is 2.09. The van der Waals surface area contributed by atoms with E-state index in [4.69, 9.17) is 23.2 Å². The van der Waals surface area contributed by atoms with Gasteiger partial charge in [-0.25, -0.2) is 0 Å². The Morgan fingerprint density at radius 3 is 2.47 bits per heavy atom. The topological polar surface area (TPSA) is 53.9 Å². The molecular weight excluding hydrogens is 261 g/mol. The molecule has 0 spiro atoms. The largest absolute Gasteiger partial charge is 0.349 e. The number of hydrogen-bond donors (Lipinski definition) is 1. The van der Waals surface area contributed by atoms with Crippen molar-refractivity contribution in [2.75, 3.05) is 29.9 Å². The van der Waals surface area contributed by atoms with E-state index >= 15 is 0 Å². The smallest absolute Gasteiger partial charge is 0.231 e. The maximum absolute atomic E-state index is 5.84. The Balaban J connectivity index is 2.89. The van der Waals surface area contributed by atoms with Crippen LogP contribution in [0.5, 0.6) is 0 Å². The van der Waals surface area contributed by atoms with Gasteiger partial charge in [0.05, 0.1) is 6.54 Å². The molecule has 1 rings (SSSR count). The highest BCUT2D eigenvalue weighted by Crippen LogP contribution is 2.13. The van der Waals surface area contributed by atoms with Crippen molar-refractivity contribution in [1.82, 2.24) is 15.0 Å². The number of rotatable bonds is 6. The summed E-state index contributed by atoms with van der Waals surface area (Å²) in [7, 11) is 0. The van der Waals surface area contributed by atoms with Crippen LogP contribution in [0.4, 0.5) is 11.9 Å². The summed E-state index contributed by atoms with van der Waals surface area (Å²) < 4.78 is 0. The Bertz CT molecular complexity index is 392. The predicted molar refractivity (Wildman–Crippen MR) is 71.9 cm³/mol. The third-order valence-corrected chi connectivity index (χ3v) is 2.38. The molecule has 0 radical (unpaired) electrons. The number of halogens is 2. The number of hydrogen-bond acceptors (Lipinski definition) is 5. The summed E-state index contributed by atoms with van der Waals surface area (Å²) in [5, 5.41) is 3.56. The van der Waals surface area contributed by atoms with Crippen molar-refractivity contribution in [2.45, 2.75) is 13.8 Å². The van der Waals surface area contributed by atoms with E-state index in [9.17, 15) is 0 Å². The lowest BCUT2D eigenvalue weighted by Crippen LogP contribution is -2.25. The number of aromatic nitrogens is 3. The van der Waals surface area contributed by atoms with Gasteiger partial charge in [-0.1, -0.05) is 18.2 Å². The van der Waals surface area contributed by atoms with E-state index in [0.29, 0.717) is 23.5 Å². The summed E-state index contributed by atoms with van der Waals surface area (Å²) in [6, 6.07) is 0. The van der Waals surface area contributed by atoms with Crippen LogP contribution in [0.2, 0.25) is 5.28 Å². The predicted octanol–water partition coefficient (Wildman–Crippen LogP) is 2.54. The fourth-order valence-electron chi connectivity index (χ4n) is 1.24. The SMILES string of the molecule is C=C(Cl)CNc1nc(Cl)nc(N(CC)CC)n1. The molecule has 7 heteroatoms. The normalized spacial score (nSPS) is 10.1. The molecule has 1 aromatic rings. The van der Waals surface area contributed by atoms with Crippen molar-refractivity contribution in [2.24, 2.45) is 0 Å². The minimum Gasteiger partial charge on any atom is -0.349 e. The molecule has 0 fully saturated rings. The van der Waals surface area contributed by atoms with Gasteiger partial charge in [0, 0.05) is 18.1 Å². The molecule has 0 bridgehead atoms. The minimum atomic E-state index is 0.157. The van der Waals surface area contributed by atoms with E-state index in [0.717, 1.165) is 13.1 Å². The van der Waals surface area contributed by atoms with Crippen LogP contribution in [0, 0.1) is 0 Å². The molecule has 17 heavy (non-hydrogen) atoms. The quantitative estimate of drug-likeness (QED) is 0.865. The molecule has 0 saturated heterocycles. The van der Waals surface area contributed by atoms with Crippen LogP contribution in [0.3, 0.4) is 0 Å². The lowest BCUT2D eigenvalue weighted by Gasteiger charge is -2.18. The van der Waals surface area contributed by atoms with Gasteiger partial charge in [0.1, 0.15) is 0 Å². The van der Waals surface area contributed by atoms with Gasteiger partial charge in [-0.2, -0.15) is 15.0 Å². The second-order valence-electron chi connectivity index (χ2n) is 3.27.